The summed E-state index contributed by atoms with van der Waals surface area (Å²) in [6.07, 6.45) is 3.73. The van der Waals surface area contributed by atoms with Crippen molar-refractivity contribution in [1.82, 2.24) is 30.0 Å². The molecule has 0 spiro atoms. The number of nitrogens with one attached hydrogen (secondary N) is 1. The Kier molecular flexibility index (Phi) is 4.10. The van der Waals surface area contributed by atoms with Gasteiger partial charge in [-0.2, -0.15) is 0 Å². The number of aromatic amines is 1. The molecule has 0 saturated heterocycles. The van der Waals surface area contributed by atoms with Crippen molar-refractivity contribution in [2.45, 2.75) is 12.5 Å². The van der Waals surface area contributed by atoms with Gasteiger partial charge in [-0.1, -0.05) is 18.2 Å². The number of fused-ring (bicyclic) bond motifs is 2. The normalized spacial score (nSPS) is 15.8. The van der Waals surface area contributed by atoms with Crippen LogP contribution in [0.25, 0.3) is 22.6 Å². The maximum Gasteiger partial charge on any atom is 0.312 e. The number of carbonyl (C=O) groups excluding carboxylic acids is 1. The summed E-state index contributed by atoms with van der Waals surface area (Å²) in [6, 6.07) is 11.0. The molecule has 32 heavy (non-hydrogen) atoms. The van der Waals surface area contributed by atoms with Crippen molar-refractivity contribution in [3.8, 4) is 11.6 Å². The molecule has 1 N–H and O–H groups in total. The molecule has 5 heterocycles. The lowest BCUT2D eigenvalue weighted by Gasteiger charge is -2.32. The lowest BCUT2D eigenvalue weighted by atomic mass is 10.00. The summed E-state index contributed by atoms with van der Waals surface area (Å²) >= 11 is 0. The molecule has 0 fully saturated rings. The van der Waals surface area contributed by atoms with Crippen LogP contribution in [0.15, 0.2) is 63.8 Å². The van der Waals surface area contributed by atoms with Gasteiger partial charge in [0.2, 0.25) is 0 Å². The van der Waals surface area contributed by atoms with E-state index in [1.54, 1.807) is 53.8 Å². The molecule has 10 heteroatoms. The SMILES string of the molecule is O=C(c1nnc(-c2ccccn2)o1)N1CCc2[nH]cnc2[C@H]1c1cc2cccc(F)c2o1. The van der Waals surface area contributed by atoms with Crippen molar-refractivity contribution in [3.63, 3.8) is 0 Å². The third-order valence-electron chi connectivity index (χ3n) is 5.46. The van der Waals surface area contributed by atoms with E-state index in [-0.39, 0.29) is 17.4 Å². The molecular weight excluding hydrogens is 415 g/mol. The molecule has 1 atom stereocenters. The second-order valence-electron chi connectivity index (χ2n) is 7.35. The lowest BCUT2D eigenvalue weighted by Crippen LogP contribution is -2.40. The predicted octanol–water partition coefficient (Wildman–Crippen LogP) is 3.53. The van der Waals surface area contributed by atoms with Crippen LogP contribution in [-0.4, -0.2) is 42.5 Å². The first-order valence-corrected chi connectivity index (χ1v) is 9.95. The van der Waals surface area contributed by atoms with E-state index in [0.29, 0.717) is 35.5 Å². The van der Waals surface area contributed by atoms with E-state index in [4.69, 9.17) is 8.83 Å². The molecule has 0 radical (unpaired) electrons. The van der Waals surface area contributed by atoms with Crippen LogP contribution < -0.4 is 0 Å². The van der Waals surface area contributed by atoms with Crippen LogP contribution >= 0.6 is 0 Å². The second kappa shape index (κ2) is 7.12. The first kappa shape index (κ1) is 18.4. The summed E-state index contributed by atoms with van der Waals surface area (Å²) in [7, 11) is 0. The van der Waals surface area contributed by atoms with Crippen molar-refractivity contribution < 1.29 is 18.0 Å². The third kappa shape index (κ3) is 2.88. The molecule has 0 unspecified atom stereocenters. The topological polar surface area (TPSA) is 114 Å². The molecule has 1 aromatic carbocycles. The first-order chi connectivity index (χ1) is 15.7. The van der Waals surface area contributed by atoms with Gasteiger partial charge in [0.25, 0.3) is 5.89 Å². The highest BCUT2D eigenvalue weighted by molar-refractivity contribution is 5.90. The molecule has 1 amide bonds. The van der Waals surface area contributed by atoms with Gasteiger partial charge in [-0.25, -0.2) is 9.37 Å². The average molecular weight is 430 g/mol. The van der Waals surface area contributed by atoms with Gasteiger partial charge in [0.1, 0.15) is 17.5 Å². The number of hydrogen-bond donors (Lipinski definition) is 1. The highest BCUT2D eigenvalue weighted by atomic mass is 19.1. The number of H-pyrrole nitrogens is 1. The Bertz CT molecular complexity index is 1440. The van der Waals surface area contributed by atoms with Crippen LogP contribution in [0.4, 0.5) is 4.39 Å². The third-order valence-corrected chi connectivity index (χ3v) is 5.46. The van der Waals surface area contributed by atoms with Gasteiger partial charge in [-0.05, 0) is 24.3 Å². The number of pyridine rings is 1. The number of hydrogen-bond acceptors (Lipinski definition) is 7. The number of furan rings is 1. The van der Waals surface area contributed by atoms with Gasteiger partial charge in [0.15, 0.2) is 11.4 Å². The summed E-state index contributed by atoms with van der Waals surface area (Å²) < 4.78 is 25.7. The van der Waals surface area contributed by atoms with Crippen molar-refractivity contribution >= 4 is 16.9 Å². The zero-order valence-electron chi connectivity index (χ0n) is 16.5. The summed E-state index contributed by atoms with van der Waals surface area (Å²) in [5.41, 5.74) is 2.12. The average Bonchev–Trinajstić information content (AvgIpc) is 3.58. The van der Waals surface area contributed by atoms with Crippen molar-refractivity contribution in [2.75, 3.05) is 6.54 Å². The van der Waals surface area contributed by atoms with Gasteiger partial charge in [0.05, 0.1) is 12.0 Å². The Hall–Kier alpha value is -4.34. The molecule has 1 aliphatic rings. The maximum absolute atomic E-state index is 14.3. The van der Waals surface area contributed by atoms with Crippen molar-refractivity contribution in [1.29, 1.82) is 0 Å². The van der Waals surface area contributed by atoms with E-state index in [1.165, 1.54) is 6.07 Å². The number of aromatic nitrogens is 5. The Morgan fingerprint density at radius 1 is 1.12 bits per heavy atom. The molecule has 0 aliphatic carbocycles. The molecule has 5 aromatic rings. The number of para-hydroxylation sites is 1. The van der Waals surface area contributed by atoms with Gasteiger partial charge < -0.3 is 18.7 Å². The van der Waals surface area contributed by atoms with E-state index in [9.17, 15) is 9.18 Å². The molecule has 4 aromatic heterocycles. The van der Waals surface area contributed by atoms with E-state index in [0.717, 1.165) is 5.69 Å². The fourth-order valence-corrected chi connectivity index (χ4v) is 3.99. The largest absolute Gasteiger partial charge is 0.455 e. The number of nitrogens with zero attached hydrogens (tertiary/aromatic N) is 5. The van der Waals surface area contributed by atoms with E-state index in [2.05, 4.69) is 25.1 Å². The maximum atomic E-state index is 14.3. The quantitative estimate of drug-likeness (QED) is 0.466. The number of amides is 1. The smallest absolute Gasteiger partial charge is 0.312 e. The minimum Gasteiger partial charge on any atom is -0.455 e. The van der Waals surface area contributed by atoms with Gasteiger partial charge >= 0.3 is 11.8 Å². The van der Waals surface area contributed by atoms with Crippen LogP contribution in [0.3, 0.4) is 0 Å². The number of benzene rings is 1. The molecular formula is C22H15FN6O3. The van der Waals surface area contributed by atoms with Crippen molar-refractivity contribution in [2.24, 2.45) is 0 Å². The first-order valence-electron chi connectivity index (χ1n) is 9.95. The lowest BCUT2D eigenvalue weighted by molar-refractivity contribution is 0.0632. The molecule has 9 nitrogen and oxygen atoms in total. The van der Waals surface area contributed by atoms with Gasteiger partial charge in [0, 0.05) is 30.2 Å². The fourth-order valence-electron chi connectivity index (χ4n) is 3.99. The summed E-state index contributed by atoms with van der Waals surface area (Å²) in [5.74, 6) is -0.567. The minimum atomic E-state index is -0.672. The molecule has 158 valence electrons. The Morgan fingerprint density at radius 3 is 2.91 bits per heavy atom. The van der Waals surface area contributed by atoms with Gasteiger partial charge in [-0.3, -0.25) is 9.78 Å². The monoisotopic (exact) mass is 430 g/mol. The second-order valence-corrected chi connectivity index (χ2v) is 7.35. The highest BCUT2D eigenvalue weighted by Crippen LogP contribution is 2.37. The van der Waals surface area contributed by atoms with Crippen LogP contribution in [-0.2, 0) is 6.42 Å². The van der Waals surface area contributed by atoms with E-state index >= 15 is 0 Å². The van der Waals surface area contributed by atoms with Crippen molar-refractivity contribution in [3.05, 3.63) is 83.8 Å². The Labute approximate surface area is 179 Å². The van der Waals surface area contributed by atoms with Gasteiger partial charge in [-0.15, -0.1) is 10.2 Å². The Morgan fingerprint density at radius 2 is 2.06 bits per heavy atom. The summed E-state index contributed by atoms with van der Waals surface area (Å²) in [4.78, 5) is 26.6. The summed E-state index contributed by atoms with van der Waals surface area (Å²) in [5, 5.41) is 8.49. The van der Waals surface area contributed by atoms with Crippen LogP contribution in [0.2, 0.25) is 0 Å². The number of imidazole rings is 1. The standard InChI is InChI=1S/C22H15FN6O3/c23-13-5-3-4-12-10-16(31-19(12)13)18-17-14(25-11-26-17)7-9-29(18)22(30)21-28-27-20(32-21)15-6-1-2-8-24-15/h1-6,8,10-11,18H,7,9H2,(H,25,26)/t18-/m1/s1. The molecule has 6 rings (SSSR count). The van der Waals surface area contributed by atoms with E-state index < -0.39 is 17.8 Å². The van der Waals surface area contributed by atoms with Crippen LogP contribution in [0.1, 0.15) is 33.9 Å². The number of rotatable bonds is 3. The molecule has 0 saturated carbocycles. The number of halogens is 1. The minimum absolute atomic E-state index is 0.132. The summed E-state index contributed by atoms with van der Waals surface area (Å²) in [6.45, 7) is 0.361. The van der Waals surface area contributed by atoms with E-state index in [1.807, 2.05) is 0 Å². The zero-order chi connectivity index (χ0) is 21.7. The number of carbonyl (C=O) groups is 1. The Balaban J connectivity index is 1.41. The highest BCUT2D eigenvalue weighted by Gasteiger charge is 2.38. The predicted molar refractivity (Wildman–Crippen MR) is 109 cm³/mol. The zero-order valence-corrected chi connectivity index (χ0v) is 16.5. The fraction of sp³-hybridized carbons (Fsp3) is 0.136. The van der Waals surface area contributed by atoms with Crippen LogP contribution in [0, 0.1) is 5.82 Å². The molecule has 1 aliphatic heterocycles. The molecule has 0 bridgehead atoms. The van der Waals surface area contributed by atoms with Crippen LogP contribution in [0.5, 0.6) is 0 Å².